The zero-order valence-corrected chi connectivity index (χ0v) is 33.6. The van der Waals surface area contributed by atoms with Crippen molar-refractivity contribution in [2.45, 2.75) is 133 Å². The molecule has 1 heterocycles. The van der Waals surface area contributed by atoms with Gasteiger partial charge in [-0.25, -0.2) is 0 Å². The van der Waals surface area contributed by atoms with Gasteiger partial charge in [-0.05, 0) is 82.4 Å². The van der Waals surface area contributed by atoms with Crippen molar-refractivity contribution in [1.29, 1.82) is 0 Å². The SMILES string of the molecule is CCC(C)N(C[C@H](C)C(=O)NCC(=O)N[C@@H](CC(C)C)[C@@H](O)C[C@@H](C)C(=O)N[C@H](C(=O)NCc1ccco1)C(C)C)N=C(C)C.CCCSC. The minimum absolute atomic E-state index is 0.0779. The van der Waals surface area contributed by atoms with Gasteiger partial charge in [0.1, 0.15) is 11.8 Å². The molecule has 12 nitrogen and oxygen atoms in total. The molecule has 0 bridgehead atoms. The van der Waals surface area contributed by atoms with Gasteiger partial charge in [-0.15, -0.1) is 0 Å². The average Bonchev–Trinajstić information content (AvgIpc) is 3.57. The van der Waals surface area contributed by atoms with E-state index in [1.165, 1.54) is 18.4 Å². The van der Waals surface area contributed by atoms with E-state index in [1.807, 2.05) is 58.3 Å². The molecule has 0 fully saturated rings. The second-order valence-corrected chi connectivity index (χ2v) is 15.1. The highest BCUT2D eigenvalue weighted by atomic mass is 32.2. The van der Waals surface area contributed by atoms with Crippen molar-refractivity contribution >= 4 is 41.1 Å². The third-order valence-corrected chi connectivity index (χ3v) is 8.83. The van der Waals surface area contributed by atoms with Gasteiger partial charge in [0.05, 0.1) is 37.4 Å². The highest BCUT2D eigenvalue weighted by Crippen LogP contribution is 2.17. The van der Waals surface area contributed by atoms with Crippen LogP contribution in [0.2, 0.25) is 0 Å². The number of hydrogen-bond donors (Lipinski definition) is 5. The Labute approximate surface area is 306 Å². The Bertz CT molecular complexity index is 1140. The van der Waals surface area contributed by atoms with E-state index in [4.69, 9.17) is 4.42 Å². The number of nitrogens with zero attached hydrogens (tertiary/aromatic N) is 2. The van der Waals surface area contributed by atoms with Crippen LogP contribution in [0.15, 0.2) is 27.9 Å². The Kier molecular flexibility index (Phi) is 24.2. The predicted octanol–water partition coefficient (Wildman–Crippen LogP) is 4.96. The predicted molar refractivity (Wildman–Crippen MR) is 205 cm³/mol. The summed E-state index contributed by atoms with van der Waals surface area (Å²) in [6.07, 6.45) is 5.38. The maximum absolute atomic E-state index is 13.1. The molecule has 0 radical (unpaired) electrons. The van der Waals surface area contributed by atoms with E-state index < -0.39 is 35.9 Å². The first-order valence-corrected chi connectivity index (χ1v) is 19.5. The van der Waals surface area contributed by atoms with Gasteiger partial charge in [-0.2, -0.15) is 16.9 Å². The van der Waals surface area contributed by atoms with E-state index in [2.05, 4.69) is 53.4 Å². The average molecular weight is 725 g/mol. The van der Waals surface area contributed by atoms with Crippen molar-refractivity contribution in [3.8, 4) is 0 Å². The first-order chi connectivity index (χ1) is 23.5. The summed E-state index contributed by atoms with van der Waals surface area (Å²) in [5, 5.41) is 28.7. The molecule has 1 aromatic rings. The normalized spacial score (nSPS) is 14.6. The van der Waals surface area contributed by atoms with Crippen molar-refractivity contribution in [1.82, 2.24) is 26.3 Å². The van der Waals surface area contributed by atoms with Crippen LogP contribution in [-0.2, 0) is 25.7 Å². The third-order valence-electron chi connectivity index (χ3n) is 8.01. The quantitative estimate of drug-likeness (QED) is 0.0827. The molecule has 0 saturated heterocycles. The summed E-state index contributed by atoms with van der Waals surface area (Å²) in [6.45, 7) is 21.6. The van der Waals surface area contributed by atoms with Crippen molar-refractivity contribution in [2.24, 2.45) is 28.8 Å². The van der Waals surface area contributed by atoms with Crippen molar-refractivity contribution < 1.29 is 28.7 Å². The molecular weight excluding hydrogens is 657 g/mol. The molecule has 1 unspecified atom stereocenters. The van der Waals surface area contributed by atoms with Crippen LogP contribution in [0.3, 0.4) is 0 Å². The van der Waals surface area contributed by atoms with Crippen molar-refractivity contribution in [2.75, 3.05) is 25.1 Å². The molecule has 0 aliphatic heterocycles. The minimum Gasteiger partial charge on any atom is -0.467 e. The number of aliphatic hydroxyl groups is 1. The fourth-order valence-electron chi connectivity index (χ4n) is 4.94. The van der Waals surface area contributed by atoms with Gasteiger partial charge in [0.25, 0.3) is 0 Å². The van der Waals surface area contributed by atoms with Crippen LogP contribution in [0.4, 0.5) is 0 Å². The number of amides is 4. The first kappa shape index (κ1) is 46.9. The van der Waals surface area contributed by atoms with E-state index in [0.717, 1.165) is 12.1 Å². The zero-order chi connectivity index (χ0) is 38.4. The molecule has 1 aromatic heterocycles. The van der Waals surface area contributed by atoms with Crippen LogP contribution >= 0.6 is 11.8 Å². The Morgan fingerprint density at radius 2 is 1.58 bits per heavy atom. The minimum atomic E-state index is -1.02. The topological polar surface area (TPSA) is 165 Å². The molecule has 6 atom stereocenters. The lowest BCUT2D eigenvalue weighted by Gasteiger charge is -2.29. The number of hydrazone groups is 1. The fourth-order valence-corrected chi connectivity index (χ4v) is 5.34. The molecule has 50 heavy (non-hydrogen) atoms. The van der Waals surface area contributed by atoms with Crippen molar-refractivity contribution in [3.63, 3.8) is 0 Å². The summed E-state index contributed by atoms with van der Waals surface area (Å²) in [5.41, 5.74) is 0.898. The summed E-state index contributed by atoms with van der Waals surface area (Å²) < 4.78 is 5.25. The van der Waals surface area contributed by atoms with E-state index in [0.29, 0.717) is 18.7 Å². The molecule has 0 aliphatic rings. The number of rotatable bonds is 22. The number of furan rings is 1. The largest absolute Gasteiger partial charge is 0.467 e. The standard InChI is InChI=1S/C33H58N6O6.C4H10S/c1-11-25(10)39(38-22(6)7)19-24(9)31(42)35-18-29(41)36-27(15-20(2)3)28(40)16-23(8)32(43)37-30(21(4)5)33(44)34-17-26-13-12-14-45-26;1-3-4-5-2/h12-14,20-21,23-25,27-28,30,40H,11,15-19H2,1-10H3,(H,34,44)(H,35,42)(H,36,41)(H,37,43);3-4H2,1-2H3/t23-,24+,25?,27+,28+,30+;/m1./s1. The number of carbonyl (C=O) groups is 4. The summed E-state index contributed by atoms with van der Waals surface area (Å²) in [6, 6.07) is 2.26. The fraction of sp³-hybridized carbons (Fsp3) is 0.757. The smallest absolute Gasteiger partial charge is 0.243 e. The molecule has 13 heteroatoms. The van der Waals surface area contributed by atoms with Gasteiger partial charge in [-0.3, -0.25) is 24.2 Å². The van der Waals surface area contributed by atoms with E-state index in [9.17, 15) is 24.3 Å². The van der Waals surface area contributed by atoms with Crippen LogP contribution in [0.25, 0.3) is 0 Å². The van der Waals surface area contributed by atoms with E-state index >= 15 is 0 Å². The van der Waals surface area contributed by atoms with Crippen molar-refractivity contribution in [3.05, 3.63) is 24.2 Å². The molecule has 4 amide bonds. The summed E-state index contributed by atoms with van der Waals surface area (Å²) >= 11 is 1.90. The van der Waals surface area contributed by atoms with Crippen LogP contribution in [-0.4, -0.2) is 88.8 Å². The lowest BCUT2D eigenvalue weighted by atomic mass is 9.92. The van der Waals surface area contributed by atoms with E-state index in [1.54, 1.807) is 26.0 Å². The van der Waals surface area contributed by atoms with Crippen LogP contribution in [0.5, 0.6) is 0 Å². The second kappa shape index (κ2) is 25.8. The summed E-state index contributed by atoms with van der Waals surface area (Å²) in [4.78, 5) is 51.5. The molecule has 5 N–H and O–H groups in total. The molecule has 288 valence electrons. The van der Waals surface area contributed by atoms with Gasteiger partial charge < -0.3 is 30.8 Å². The highest BCUT2D eigenvalue weighted by molar-refractivity contribution is 7.98. The summed E-state index contributed by atoms with van der Waals surface area (Å²) in [5.74, 6) is -0.520. The van der Waals surface area contributed by atoms with Crippen LogP contribution in [0, 0.1) is 23.7 Å². The number of carbonyl (C=O) groups excluding carboxylic acids is 4. The lowest BCUT2D eigenvalue weighted by Crippen LogP contribution is -2.52. The van der Waals surface area contributed by atoms with Gasteiger partial charge in [0.2, 0.25) is 23.6 Å². The van der Waals surface area contributed by atoms with Crippen LogP contribution in [0.1, 0.15) is 108 Å². The van der Waals surface area contributed by atoms with Gasteiger partial charge in [-0.1, -0.05) is 55.4 Å². The molecule has 0 aromatic carbocycles. The number of hydrogen-bond acceptors (Lipinski definition) is 9. The van der Waals surface area contributed by atoms with Gasteiger partial charge in [0.15, 0.2) is 0 Å². The Balaban J connectivity index is 0.00000445. The Morgan fingerprint density at radius 3 is 2.06 bits per heavy atom. The van der Waals surface area contributed by atoms with Crippen LogP contribution < -0.4 is 21.3 Å². The molecule has 0 aliphatic carbocycles. The van der Waals surface area contributed by atoms with E-state index in [-0.39, 0.29) is 55.1 Å². The number of aliphatic hydroxyl groups excluding tert-OH is 1. The number of thioether (sulfide) groups is 1. The Morgan fingerprint density at radius 1 is 0.920 bits per heavy atom. The molecular formula is C37H68N6O6S. The monoisotopic (exact) mass is 724 g/mol. The maximum Gasteiger partial charge on any atom is 0.243 e. The van der Waals surface area contributed by atoms with Gasteiger partial charge in [0, 0.05) is 24.2 Å². The third kappa shape index (κ3) is 20.0. The lowest BCUT2D eigenvalue weighted by molar-refractivity contribution is -0.132. The molecule has 0 spiro atoms. The highest BCUT2D eigenvalue weighted by Gasteiger charge is 2.30. The maximum atomic E-state index is 13.1. The zero-order valence-electron chi connectivity index (χ0n) is 32.8. The first-order valence-electron chi connectivity index (χ1n) is 18.1. The second-order valence-electron chi connectivity index (χ2n) is 14.1. The molecule has 0 saturated carbocycles. The summed E-state index contributed by atoms with van der Waals surface area (Å²) in [7, 11) is 0. The molecule has 1 rings (SSSR count). The number of nitrogens with one attached hydrogen (secondary N) is 4. The Hall–Kier alpha value is -3.06. The van der Waals surface area contributed by atoms with Gasteiger partial charge >= 0.3 is 0 Å².